The van der Waals surface area contributed by atoms with Crippen molar-refractivity contribution in [2.45, 2.75) is 17.5 Å². The van der Waals surface area contributed by atoms with E-state index in [2.05, 4.69) is 32.2 Å². The van der Waals surface area contributed by atoms with Crippen molar-refractivity contribution < 1.29 is 9.53 Å². The summed E-state index contributed by atoms with van der Waals surface area (Å²) in [4.78, 5) is 26.5. The van der Waals surface area contributed by atoms with Gasteiger partial charge in [0.2, 0.25) is 0 Å². The molecular weight excluding hydrogens is 530 g/mol. The van der Waals surface area contributed by atoms with Crippen molar-refractivity contribution in [1.82, 2.24) is 15.3 Å². The summed E-state index contributed by atoms with van der Waals surface area (Å²) in [5, 5.41) is 4.03. The molecular formula is C30H30ClN5O2S. The van der Waals surface area contributed by atoms with E-state index >= 15 is 0 Å². The Morgan fingerprint density at radius 1 is 0.897 bits per heavy atom. The molecule has 1 N–H and O–H groups in total. The number of carbonyl (C=O) groups excluding carboxylic acids is 1. The number of amides is 1. The largest absolute Gasteiger partial charge is 0.497 e. The number of ether oxygens (including phenoxy) is 1. The number of rotatable bonds is 9. The maximum Gasteiger partial charge on any atom is 0.251 e. The van der Waals surface area contributed by atoms with Gasteiger partial charge in [-0.25, -0.2) is 9.97 Å². The summed E-state index contributed by atoms with van der Waals surface area (Å²) in [7, 11) is 1.68. The van der Waals surface area contributed by atoms with Crippen molar-refractivity contribution in [3.63, 3.8) is 0 Å². The van der Waals surface area contributed by atoms with Crippen LogP contribution in [0.5, 0.6) is 5.75 Å². The van der Waals surface area contributed by atoms with E-state index < -0.39 is 0 Å². The van der Waals surface area contributed by atoms with Crippen molar-refractivity contribution in [3.8, 4) is 5.75 Å². The van der Waals surface area contributed by atoms with Crippen molar-refractivity contribution in [1.29, 1.82) is 0 Å². The number of hydrogen-bond donors (Lipinski definition) is 1. The fraction of sp³-hybridized carbons (Fsp3) is 0.233. The van der Waals surface area contributed by atoms with Crippen LogP contribution in [0.4, 0.5) is 11.5 Å². The predicted octanol–water partition coefficient (Wildman–Crippen LogP) is 5.69. The van der Waals surface area contributed by atoms with Gasteiger partial charge in [-0.3, -0.25) is 4.79 Å². The maximum absolute atomic E-state index is 12.7. The molecule has 1 aliphatic heterocycles. The Hall–Kier alpha value is -3.75. The number of aromatic nitrogens is 2. The standard InChI is InChI=1S/C30H30ClN5O2S/c1-38-26-12-10-25(11-13-26)35-14-16-36(17-15-35)28-19-27(31)33-30(34-28)39-21-23-8-5-9-24(18-23)29(37)32-20-22-6-3-2-4-7-22/h2-13,18-19H,14-17,20-21H2,1H3,(H,32,37). The zero-order valence-corrected chi connectivity index (χ0v) is 23.3. The molecule has 1 aromatic heterocycles. The molecule has 4 aromatic rings. The highest BCUT2D eigenvalue weighted by molar-refractivity contribution is 7.98. The van der Waals surface area contributed by atoms with Gasteiger partial charge in [0.1, 0.15) is 16.7 Å². The van der Waals surface area contributed by atoms with Crippen LogP contribution in [0.3, 0.4) is 0 Å². The zero-order chi connectivity index (χ0) is 27.0. The molecule has 200 valence electrons. The minimum atomic E-state index is -0.0965. The molecule has 39 heavy (non-hydrogen) atoms. The van der Waals surface area contributed by atoms with Gasteiger partial charge in [0.05, 0.1) is 7.11 Å². The highest BCUT2D eigenvalue weighted by Crippen LogP contribution is 2.27. The summed E-state index contributed by atoms with van der Waals surface area (Å²) < 4.78 is 5.27. The van der Waals surface area contributed by atoms with Gasteiger partial charge < -0.3 is 19.9 Å². The van der Waals surface area contributed by atoms with Gasteiger partial charge >= 0.3 is 0 Å². The predicted molar refractivity (Wildman–Crippen MR) is 158 cm³/mol. The Morgan fingerprint density at radius 2 is 1.62 bits per heavy atom. The monoisotopic (exact) mass is 559 g/mol. The van der Waals surface area contributed by atoms with Crippen LogP contribution >= 0.6 is 23.4 Å². The number of nitrogens with zero attached hydrogens (tertiary/aromatic N) is 4. The Kier molecular flexibility index (Phi) is 8.85. The molecule has 0 aliphatic carbocycles. The average molecular weight is 560 g/mol. The Morgan fingerprint density at radius 3 is 2.36 bits per heavy atom. The first-order chi connectivity index (χ1) is 19.1. The van der Waals surface area contributed by atoms with E-state index in [-0.39, 0.29) is 5.91 Å². The molecule has 2 heterocycles. The minimum Gasteiger partial charge on any atom is -0.497 e. The number of nitrogens with one attached hydrogen (secondary N) is 1. The zero-order valence-electron chi connectivity index (χ0n) is 21.7. The summed E-state index contributed by atoms with van der Waals surface area (Å²) in [6, 6.07) is 27.5. The summed E-state index contributed by atoms with van der Waals surface area (Å²) in [5.41, 5.74) is 3.90. The van der Waals surface area contributed by atoms with Crippen LogP contribution in [0, 0.1) is 0 Å². The number of methoxy groups -OCH3 is 1. The summed E-state index contributed by atoms with van der Waals surface area (Å²) >= 11 is 7.90. The second-order valence-electron chi connectivity index (χ2n) is 9.16. The number of halogens is 1. The molecule has 0 atom stereocenters. The topological polar surface area (TPSA) is 70.6 Å². The number of piperazine rings is 1. The highest BCUT2D eigenvalue weighted by Gasteiger charge is 2.20. The molecule has 7 nitrogen and oxygen atoms in total. The number of anilines is 2. The molecule has 1 amide bonds. The van der Waals surface area contributed by atoms with E-state index in [9.17, 15) is 4.79 Å². The number of carbonyl (C=O) groups is 1. The van der Waals surface area contributed by atoms with Gasteiger partial charge in [0, 0.05) is 55.8 Å². The summed E-state index contributed by atoms with van der Waals surface area (Å²) in [5.74, 6) is 2.22. The molecule has 0 saturated carbocycles. The van der Waals surface area contributed by atoms with Crippen LogP contribution in [-0.2, 0) is 12.3 Å². The average Bonchev–Trinajstić information content (AvgIpc) is 2.99. The van der Waals surface area contributed by atoms with E-state index in [1.54, 1.807) is 7.11 Å². The van der Waals surface area contributed by atoms with Gasteiger partial charge in [0.25, 0.3) is 5.91 Å². The number of benzene rings is 3. The Bertz CT molecular complexity index is 1400. The van der Waals surface area contributed by atoms with Crippen molar-refractivity contribution in [2.24, 2.45) is 0 Å². The van der Waals surface area contributed by atoms with Gasteiger partial charge in [0.15, 0.2) is 5.16 Å². The molecule has 0 bridgehead atoms. The van der Waals surface area contributed by atoms with Gasteiger partial charge in [-0.1, -0.05) is 65.8 Å². The number of thioether (sulfide) groups is 1. The first-order valence-electron chi connectivity index (χ1n) is 12.8. The second kappa shape index (κ2) is 12.9. The second-order valence-corrected chi connectivity index (χ2v) is 10.5. The van der Waals surface area contributed by atoms with Crippen LogP contribution in [0.2, 0.25) is 5.15 Å². The van der Waals surface area contributed by atoms with Crippen LogP contribution in [0.1, 0.15) is 21.5 Å². The third kappa shape index (κ3) is 7.22. The van der Waals surface area contributed by atoms with E-state index in [0.29, 0.717) is 28.2 Å². The first kappa shape index (κ1) is 26.8. The molecule has 1 saturated heterocycles. The van der Waals surface area contributed by atoms with Crippen LogP contribution < -0.4 is 19.9 Å². The van der Waals surface area contributed by atoms with Gasteiger partial charge in [-0.05, 0) is 47.5 Å². The maximum atomic E-state index is 12.7. The van der Waals surface area contributed by atoms with E-state index in [0.717, 1.165) is 48.9 Å². The normalized spacial score (nSPS) is 13.3. The highest BCUT2D eigenvalue weighted by atomic mass is 35.5. The fourth-order valence-corrected chi connectivity index (χ4v) is 5.45. The molecule has 0 radical (unpaired) electrons. The Balaban J connectivity index is 1.17. The van der Waals surface area contributed by atoms with E-state index in [1.807, 2.05) is 72.8 Å². The van der Waals surface area contributed by atoms with Gasteiger partial charge in [-0.2, -0.15) is 0 Å². The quantitative estimate of drug-likeness (QED) is 0.160. The SMILES string of the molecule is COc1ccc(N2CCN(c3cc(Cl)nc(SCc4cccc(C(=O)NCc5ccccc5)c4)n3)CC2)cc1. The lowest BCUT2D eigenvalue weighted by Gasteiger charge is -2.36. The molecule has 0 spiro atoms. The van der Waals surface area contributed by atoms with E-state index in [1.165, 1.54) is 17.4 Å². The van der Waals surface area contributed by atoms with Crippen molar-refractivity contribution in [2.75, 3.05) is 43.1 Å². The summed E-state index contributed by atoms with van der Waals surface area (Å²) in [6.07, 6.45) is 0. The molecule has 5 rings (SSSR count). The number of hydrogen-bond acceptors (Lipinski definition) is 7. The van der Waals surface area contributed by atoms with Crippen LogP contribution in [0.15, 0.2) is 90.1 Å². The molecule has 1 aliphatic rings. The third-order valence-corrected chi connectivity index (χ3v) is 7.67. The van der Waals surface area contributed by atoms with Crippen molar-refractivity contribution in [3.05, 3.63) is 107 Å². The van der Waals surface area contributed by atoms with Crippen molar-refractivity contribution >= 4 is 40.8 Å². The molecule has 0 unspecified atom stereocenters. The minimum absolute atomic E-state index is 0.0965. The third-order valence-electron chi connectivity index (χ3n) is 6.56. The fourth-order valence-electron chi connectivity index (χ4n) is 4.43. The lowest BCUT2D eigenvalue weighted by atomic mass is 10.1. The molecule has 9 heteroatoms. The summed E-state index contributed by atoms with van der Waals surface area (Å²) in [6.45, 7) is 3.94. The first-order valence-corrected chi connectivity index (χ1v) is 14.2. The Labute approximate surface area is 238 Å². The smallest absolute Gasteiger partial charge is 0.251 e. The van der Waals surface area contributed by atoms with Crippen LogP contribution in [0.25, 0.3) is 0 Å². The van der Waals surface area contributed by atoms with Crippen LogP contribution in [-0.4, -0.2) is 49.2 Å². The van der Waals surface area contributed by atoms with E-state index in [4.69, 9.17) is 21.3 Å². The molecule has 1 fully saturated rings. The lowest BCUT2D eigenvalue weighted by Crippen LogP contribution is -2.46. The van der Waals surface area contributed by atoms with Gasteiger partial charge in [-0.15, -0.1) is 0 Å². The molecule has 3 aromatic carbocycles. The lowest BCUT2D eigenvalue weighted by molar-refractivity contribution is 0.0951.